The molecule has 1 aromatic heterocycles. The lowest BCUT2D eigenvalue weighted by Crippen LogP contribution is -2.45. The number of H-pyrrole nitrogens is 1. The van der Waals surface area contributed by atoms with Gasteiger partial charge in [-0.3, -0.25) is 9.89 Å². The number of carbonyl (C=O) groups excluding carboxylic acids is 2. The van der Waals surface area contributed by atoms with Gasteiger partial charge in [0.1, 0.15) is 6.04 Å². The fourth-order valence-corrected chi connectivity index (χ4v) is 1.20. The summed E-state index contributed by atoms with van der Waals surface area (Å²) < 4.78 is 4.39. The molecule has 0 fully saturated rings. The molecule has 1 aromatic rings. The van der Waals surface area contributed by atoms with Gasteiger partial charge in [0.25, 0.3) is 0 Å². The predicted octanol–water partition coefficient (Wildman–Crippen LogP) is -0.187. The van der Waals surface area contributed by atoms with Crippen molar-refractivity contribution in [2.75, 3.05) is 13.7 Å². The lowest BCUT2D eigenvalue weighted by atomic mass is 10.3. The minimum atomic E-state index is -0.624. The van der Waals surface area contributed by atoms with Gasteiger partial charge in [0.2, 0.25) is 5.91 Å². The van der Waals surface area contributed by atoms with Gasteiger partial charge in [-0.2, -0.15) is 5.10 Å². The predicted molar refractivity (Wildman–Crippen MR) is 60.3 cm³/mol. The lowest BCUT2D eigenvalue weighted by Gasteiger charge is -2.12. The summed E-state index contributed by atoms with van der Waals surface area (Å²) in [5.74, 6) is -0.255. The molecule has 94 valence electrons. The van der Waals surface area contributed by atoms with Crippen LogP contribution in [-0.4, -0.2) is 41.9 Å². The average molecular weight is 240 g/mol. The molecular weight excluding hydrogens is 224 g/mol. The number of carbonyl (C=O) groups is 2. The number of nitrogens with zero attached hydrogens (tertiary/aromatic N) is 1. The zero-order valence-electron chi connectivity index (χ0n) is 9.82. The molecule has 0 radical (unpaired) electrons. The Morgan fingerprint density at radius 1 is 1.59 bits per heavy atom. The van der Waals surface area contributed by atoms with Gasteiger partial charge in [0.15, 0.2) is 0 Å². The Morgan fingerprint density at radius 2 is 2.35 bits per heavy atom. The lowest BCUT2D eigenvalue weighted by molar-refractivity contribution is -0.122. The van der Waals surface area contributed by atoms with Crippen molar-refractivity contribution in [3.05, 3.63) is 18.0 Å². The quantitative estimate of drug-likeness (QED) is 0.664. The third-order valence-electron chi connectivity index (χ3n) is 2.17. The topological polar surface area (TPSA) is 96.1 Å². The number of methoxy groups -OCH3 is 1. The van der Waals surface area contributed by atoms with Crippen LogP contribution in [0.1, 0.15) is 12.6 Å². The van der Waals surface area contributed by atoms with E-state index in [0.717, 1.165) is 5.69 Å². The Bertz CT molecular complexity index is 364. The monoisotopic (exact) mass is 240 g/mol. The second-order valence-corrected chi connectivity index (χ2v) is 3.48. The molecule has 0 aliphatic heterocycles. The summed E-state index contributed by atoms with van der Waals surface area (Å²) in [7, 11) is 1.25. The Morgan fingerprint density at radius 3 is 2.94 bits per heavy atom. The fraction of sp³-hybridized carbons (Fsp3) is 0.500. The van der Waals surface area contributed by atoms with E-state index in [1.54, 1.807) is 13.1 Å². The SMILES string of the molecule is COC(=O)N[C@@H](C)C(=O)NCCc1ccn[nH]1. The maximum absolute atomic E-state index is 11.5. The highest BCUT2D eigenvalue weighted by Gasteiger charge is 2.14. The molecule has 1 rings (SSSR count). The largest absolute Gasteiger partial charge is 0.453 e. The van der Waals surface area contributed by atoms with E-state index in [-0.39, 0.29) is 5.91 Å². The zero-order chi connectivity index (χ0) is 12.7. The Labute approximate surface area is 98.9 Å². The van der Waals surface area contributed by atoms with Crippen LogP contribution in [0.2, 0.25) is 0 Å². The maximum atomic E-state index is 11.5. The maximum Gasteiger partial charge on any atom is 0.407 e. The first kappa shape index (κ1) is 13.0. The third kappa shape index (κ3) is 4.54. The van der Waals surface area contributed by atoms with Crippen molar-refractivity contribution in [2.24, 2.45) is 0 Å². The van der Waals surface area contributed by atoms with E-state index in [0.29, 0.717) is 13.0 Å². The van der Waals surface area contributed by atoms with Crippen molar-refractivity contribution in [3.63, 3.8) is 0 Å². The van der Waals surface area contributed by atoms with Crippen LogP contribution >= 0.6 is 0 Å². The summed E-state index contributed by atoms with van der Waals surface area (Å²) in [5, 5.41) is 11.7. The molecule has 1 atom stereocenters. The molecule has 7 nitrogen and oxygen atoms in total. The molecule has 0 unspecified atom stereocenters. The molecule has 7 heteroatoms. The summed E-state index contributed by atoms with van der Waals surface area (Å²) >= 11 is 0. The highest BCUT2D eigenvalue weighted by atomic mass is 16.5. The minimum absolute atomic E-state index is 0.255. The standard InChI is InChI=1S/C10H16N4O3/c1-7(13-10(16)17-2)9(15)11-5-3-8-4-6-12-14-8/h4,6-7H,3,5H2,1-2H3,(H,11,15)(H,12,14)(H,13,16)/t7-/m0/s1. The van der Waals surface area contributed by atoms with E-state index in [1.165, 1.54) is 7.11 Å². The van der Waals surface area contributed by atoms with E-state index in [2.05, 4.69) is 25.6 Å². The summed E-state index contributed by atoms with van der Waals surface area (Å²) in [5.41, 5.74) is 0.943. The molecule has 2 amide bonds. The molecule has 0 spiro atoms. The number of aromatic amines is 1. The van der Waals surface area contributed by atoms with Crippen molar-refractivity contribution < 1.29 is 14.3 Å². The van der Waals surface area contributed by atoms with Gasteiger partial charge in [0.05, 0.1) is 7.11 Å². The number of alkyl carbamates (subject to hydrolysis) is 1. The number of amides is 2. The van der Waals surface area contributed by atoms with E-state index in [9.17, 15) is 9.59 Å². The van der Waals surface area contributed by atoms with E-state index >= 15 is 0 Å². The average Bonchev–Trinajstić information content (AvgIpc) is 2.81. The first-order valence-electron chi connectivity index (χ1n) is 5.24. The van der Waals surface area contributed by atoms with Crippen molar-refractivity contribution in [3.8, 4) is 0 Å². The summed E-state index contributed by atoms with van der Waals surface area (Å²) in [4.78, 5) is 22.4. The first-order chi connectivity index (χ1) is 8.13. The second kappa shape index (κ2) is 6.51. The van der Waals surface area contributed by atoms with Gasteiger partial charge in [-0.15, -0.1) is 0 Å². The Hall–Kier alpha value is -2.05. The molecule has 17 heavy (non-hydrogen) atoms. The van der Waals surface area contributed by atoms with Gasteiger partial charge in [-0.05, 0) is 13.0 Å². The first-order valence-corrected chi connectivity index (χ1v) is 5.24. The highest BCUT2D eigenvalue weighted by Crippen LogP contribution is 1.91. The third-order valence-corrected chi connectivity index (χ3v) is 2.17. The van der Waals surface area contributed by atoms with Crippen LogP contribution in [-0.2, 0) is 16.0 Å². The van der Waals surface area contributed by atoms with E-state index < -0.39 is 12.1 Å². The molecule has 0 aromatic carbocycles. The highest BCUT2D eigenvalue weighted by molar-refractivity contribution is 5.85. The number of aromatic nitrogens is 2. The van der Waals surface area contributed by atoms with Crippen LogP contribution in [0.4, 0.5) is 4.79 Å². The van der Waals surface area contributed by atoms with Crippen LogP contribution < -0.4 is 10.6 Å². The van der Waals surface area contributed by atoms with Crippen LogP contribution in [0.5, 0.6) is 0 Å². The minimum Gasteiger partial charge on any atom is -0.453 e. The molecule has 1 heterocycles. The van der Waals surface area contributed by atoms with Gasteiger partial charge in [0, 0.05) is 24.9 Å². The molecule has 0 saturated carbocycles. The fourth-order valence-electron chi connectivity index (χ4n) is 1.20. The normalized spacial score (nSPS) is 11.6. The molecular formula is C10H16N4O3. The number of hydrogen-bond donors (Lipinski definition) is 3. The number of hydrogen-bond acceptors (Lipinski definition) is 4. The smallest absolute Gasteiger partial charge is 0.407 e. The number of ether oxygens (including phenoxy) is 1. The van der Waals surface area contributed by atoms with Gasteiger partial charge >= 0.3 is 6.09 Å². The zero-order valence-corrected chi connectivity index (χ0v) is 9.82. The van der Waals surface area contributed by atoms with Gasteiger partial charge in [-0.1, -0.05) is 0 Å². The Balaban J connectivity index is 2.22. The summed E-state index contributed by atoms with van der Waals surface area (Å²) in [6.45, 7) is 2.07. The summed E-state index contributed by atoms with van der Waals surface area (Å²) in [6, 6.07) is 1.21. The van der Waals surface area contributed by atoms with Crippen molar-refractivity contribution in [2.45, 2.75) is 19.4 Å². The number of rotatable bonds is 5. The van der Waals surface area contributed by atoms with Crippen LogP contribution in [0.25, 0.3) is 0 Å². The van der Waals surface area contributed by atoms with Crippen LogP contribution in [0.3, 0.4) is 0 Å². The van der Waals surface area contributed by atoms with E-state index in [1.807, 2.05) is 6.07 Å². The summed E-state index contributed by atoms with van der Waals surface area (Å²) in [6.07, 6.45) is 1.69. The molecule has 3 N–H and O–H groups in total. The van der Waals surface area contributed by atoms with Crippen molar-refractivity contribution >= 4 is 12.0 Å². The molecule has 0 saturated heterocycles. The van der Waals surface area contributed by atoms with Crippen LogP contribution in [0, 0.1) is 0 Å². The molecule has 0 aliphatic rings. The van der Waals surface area contributed by atoms with Crippen molar-refractivity contribution in [1.29, 1.82) is 0 Å². The van der Waals surface area contributed by atoms with E-state index in [4.69, 9.17) is 0 Å². The molecule has 0 bridgehead atoms. The van der Waals surface area contributed by atoms with Gasteiger partial charge in [-0.25, -0.2) is 4.79 Å². The second-order valence-electron chi connectivity index (χ2n) is 3.48. The number of nitrogens with one attached hydrogen (secondary N) is 3. The van der Waals surface area contributed by atoms with Crippen LogP contribution in [0.15, 0.2) is 12.3 Å². The molecule has 0 aliphatic carbocycles. The van der Waals surface area contributed by atoms with Crippen molar-refractivity contribution in [1.82, 2.24) is 20.8 Å². The van der Waals surface area contributed by atoms with Gasteiger partial charge < -0.3 is 15.4 Å². The Kier molecular flexibility index (Phi) is 4.99.